The molecule has 1 amide bonds. The van der Waals surface area contributed by atoms with Gasteiger partial charge < -0.3 is 9.80 Å². The molecule has 0 bridgehead atoms. The first-order chi connectivity index (χ1) is 11.0. The topological polar surface area (TPSA) is 23.6 Å². The molecule has 0 unspecified atom stereocenters. The minimum Gasteiger partial charge on any atom is -0.368 e. The summed E-state index contributed by atoms with van der Waals surface area (Å²) in [6, 6.07) is 13.0. The van der Waals surface area contributed by atoms with Gasteiger partial charge in [-0.2, -0.15) is 0 Å². The van der Waals surface area contributed by atoms with Crippen molar-refractivity contribution in [2.45, 2.75) is 6.92 Å². The van der Waals surface area contributed by atoms with Crippen molar-refractivity contribution < 1.29 is 4.79 Å². The van der Waals surface area contributed by atoms with Crippen LogP contribution < -0.4 is 4.90 Å². The van der Waals surface area contributed by atoms with Crippen LogP contribution in [-0.4, -0.2) is 37.0 Å². The molecule has 1 fully saturated rings. The Morgan fingerprint density at radius 1 is 0.913 bits per heavy atom. The molecule has 3 rings (SSSR count). The average Bonchev–Trinajstić information content (AvgIpc) is 2.57. The number of piperazine rings is 1. The smallest absolute Gasteiger partial charge is 0.253 e. The van der Waals surface area contributed by atoms with E-state index in [9.17, 15) is 4.79 Å². The molecule has 23 heavy (non-hydrogen) atoms. The second kappa shape index (κ2) is 6.81. The number of rotatable bonds is 2. The van der Waals surface area contributed by atoms with E-state index in [2.05, 4.69) is 11.8 Å². The van der Waals surface area contributed by atoms with Crippen molar-refractivity contribution in [2.24, 2.45) is 0 Å². The Labute approximate surface area is 146 Å². The molecule has 0 aliphatic carbocycles. The highest BCUT2D eigenvalue weighted by Gasteiger charge is 2.23. The lowest BCUT2D eigenvalue weighted by atomic mass is 10.1. The van der Waals surface area contributed by atoms with Gasteiger partial charge in [0.1, 0.15) is 0 Å². The molecule has 1 aliphatic heterocycles. The minimum absolute atomic E-state index is 0.0594. The molecular weight excluding hydrogens is 331 g/mol. The van der Waals surface area contributed by atoms with E-state index in [0.29, 0.717) is 23.7 Å². The average molecular weight is 349 g/mol. The van der Waals surface area contributed by atoms with Gasteiger partial charge in [-0.15, -0.1) is 0 Å². The Hall–Kier alpha value is -1.71. The summed E-state index contributed by atoms with van der Waals surface area (Å²) in [7, 11) is 0. The van der Waals surface area contributed by atoms with Crippen LogP contribution in [0.15, 0.2) is 42.5 Å². The molecule has 0 atom stereocenters. The van der Waals surface area contributed by atoms with E-state index in [1.807, 2.05) is 23.1 Å². The Morgan fingerprint density at radius 3 is 2.17 bits per heavy atom. The van der Waals surface area contributed by atoms with Crippen LogP contribution >= 0.6 is 23.2 Å². The van der Waals surface area contributed by atoms with Gasteiger partial charge in [-0.1, -0.05) is 29.3 Å². The predicted molar refractivity (Wildman–Crippen MR) is 95.8 cm³/mol. The molecule has 3 nitrogen and oxygen atoms in total. The van der Waals surface area contributed by atoms with E-state index in [1.54, 1.807) is 24.3 Å². The molecule has 2 aromatic rings. The maximum Gasteiger partial charge on any atom is 0.253 e. The predicted octanol–water partition coefficient (Wildman–Crippen LogP) is 4.26. The first-order valence-electron chi connectivity index (χ1n) is 7.60. The lowest BCUT2D eigenvalue weighted by molar-refractivity contribution is 0.0747. The number of carbonyl (C=O) groups is 1. The van der Waals surface area contributed by atoms with E-state index in [0.717, 1.165) is 23.8 Å². The van der Waals surface area contributed by atoms with Crippen molar-refractivity contribution in [1.29, 1.82) is 0 Å². The van der Waals surface area contributed by atoms with Gasteiger partial charge >= 0.3 is 0 Å². The third kappa shape index (κ3) is 3.62. The second-order valence-corrected chi connectivity index (χ2v) is 6.59. The Balaban J connectivity index is 1.67. The van der Waals surface area contributed by atoms with Gasteiger partial charge in [0, 0.05) is 47.5 Å². The standard InChI is InChI=1S/C18H18Cl2N2O/c1-13-2-5-16(20)12-17(13)21-8-10-22(11-9-21)18(23)14-3-6-15(19)7-4-14/h2-7,12H,8-11H2,1H3. The van der Waals surface area contributed by atoms with E-state index in [-0.39, 0.29) is 5.91 Å². The fourth-order valence-corrected chi connectivity index (χ4v) is 3.14. The molecule has 1 aliphatic rings. The molecule has 2 aromatic carbocycles. The molecule has 120 valence electrons. The molecule has 1 heterocycles. The number of halogens is 2. The van der Waals surface area contributed by atoms with E-state index in [4.69, 9.17) is 23.2 Å². The van der Waals surface area contributed by atoms with E-state index >= 15 is 0 Å². The van der Waals surface area contributed by atoms with Crippen LogP contribution in [-0.2, 0) is 0 Å². The summed E-state index contributed by atoms with van der Waals surface area (Å²) >= 11 is 12.0. The summed E-state index contributed by atoms with van der Waals surface area (Å²) in [5, 5.41) is 1.38. The number of carbonyl (C=O) groups excluding carboxylic acids is 1. The number of benzene rings is 2. The summed E-state index contributed by atoms with van der Waals surface area (Å²) in [5.74, 6) is 0.0594. The summed E-state index contributed by atoms with van der Waals surface area (Å²) in [6.45, 7) is 5.10. The SMILES string of the molecule is Cc1ccc(Cl)cc1N1CCN(C(=O)c2ccc(Cl)cc2)CC1. The van der Waals surface area contributed by atoms with Gasteiger partial charge in [-0.25, -0.2) is 0 Å². The fraction of sp³-hybridized carbons (Fsp3) is 0.278. The zero-order valence-corrected chi connectivity index (χ0v) is 14.4. The van der Waals surface area contributed by atoms with Gasteiger partial charge in [0.15, 0.2) is 0 Å². The largest absolute Gasteiger partial charge is 0.368 e. The van der Waals surface area contributed by atoms with Gasteiger partial charge in [0.2, 0.25) is 0 Å². The van der Waals surface area contributed by atoms with Gasteiger partial charge in [0.25, 0.3) is 5.91 Å². The third-order valence-corrected chi connectivity index (χ3v) is 4.66. The third-order valence-electron chi connectivity index (χ3n) is 4.17. The van der Waals surface area contributed by atoms with Crippen LogP contribution in [0.4, 0.5) is 5.69 Å². The molecule has 1 saturated heterocycles. The molecular formula is C18H18Cl2N2O. The quantitative estimate of drug-likeness (QED) is 0.809. The van der Waals surface area contributed by atoms with Gasteiger partial charge in [0.05, 0.1) is 0 Å². The highest BCUT2D eigenvalue weighted by Crippen LogP contribution is 2.25. The molecule has 0 spiro atoms. The Bertz CT molecular complexity index is 707. The van der Waals surface area contributed by atoms with Crippen molar-refractivity contribution in [1.82, 2.24) is 4.90 Å². The normalized spacial score (nSPS) is 14.9. The highest BCUT2D eigenvalue weighted by molar-refractivity contribution is 6.31. The van der Waals surface area contributed by atoms with Crippen LogP contribution in [0.3, 0.4) is 0 Å². The van der Waals surface area contributed by atoms with Crippen molar-refractivity contribution in [3.63, 3.8) is 0 Å². The number of amides is 1. The number of hydrogen-bond donors (Lipinski definition) is 0. The number of nitrogens with zero attached hydrogens (tertiary/aromatic N) is 2. The molecule has 0 N–H and O–H groups in total. The summed E-state index contributed by atoms with van der Waals surface area (Å²) in [6.07, 6.45) is 0. The Kier molecular flexibility index (Phi) is 4.79. The number of anilines is 1. The van der Waals surface area contributed by atoms with Crippen LogP contribution in [0.25, 0.3) is 0 Å². The van der Waals surface area contributed by atoms with Crippen LogP contribution in [0.1, 0.15) is 15.9 Å². The van der Waals surface area contributed by atoms with Crippen molar-refractivity contribution in [3.05, 3.63) is 63.6 Å². The lowest BCUT2D eigenvalue weighted by Crippen LogP contribution is -2.49. The van der Waals surface area contributed by atoms with Crippen molar-refractivity contribution >= 4 is 34.8 Å². The minimum atomic E-state index is 0.0594. The summed E-state index contributed by atoms with van der Waals surface area (Å²) in [5.41, 5.74) is 3.03. The summed E-state index contributed by atoms with van der Waals surface area (Å²) in [4.78, 5) is 16.7. The maximum atomic E-state index is 12.5. The van der Waals surface area contributed by atoms with E-state index in [1.165, 1.54) is 5.56 Å². The maximum absolute atomic E-state index is 12.5. The highest BCUT2D eigenvalue weighted by atomic mass is 35.5. The second-order valence-electron chi connectivity index (χ2n) is 5.72. The van der Waals surface area contributed by atoms with E-state index < -0.39 is 0 Å². The van der Waals surface area contributed by atoms with Crippen molar-refractivity contribution in [3.8, 4) is 0 Å². The van der Waals surface area contributed by atoms with Crippen LogP contribution in [0, 0.1) is 6.92 Å². The summed E-state index contributed by atoms with van der Waals surface area (Å²) < 4.78 is 0. The van der Waals surface area contributed by atoms with Crippen LogP contribution in [0.2, 0.25) is 10.0 Å². The fourth-order valence-electron chi connectivity index (χ4n) is 2.85. The first kappa shape index (κ1) is 16.2. The molecule has 0 saturated carbocycles. The lowest BCUT2D eigenvalue weighted by Gasteiger charge is -2.37. The monoisotopic (exact) mass is 348 g/mol. The van der Waals surface area contributed by atoms with Crippen molar-refractivity contribution in [2.75, 3.05) is 31.1 Å². The number of hydrogen-bond acceptors (Lipinski definition) is 2. The van der Waals surface area contributed by atoms with Crippen LogP contribution in [0.5, 0.6) is 0 Å². The molecule has 5 heteroatoms. The number of aryl methyl sites for hydroxylation is 1. The van der Waals surface area contributed by atoms with Gasteiger partial charge in [-0.3, -0.25) is 4.79 Å². The molecule has 0 radical (unpaired) electrons. The zero-order chi connectivity index (χ0) is 16.4. The van der Waals surface area contributed by atoms with Gasteiger partial charge in [-0.05, 0) is 48.9 Å². The zero-order valence-electron chi connectivity index (χ0n) is 12.9. The Morgan fingerprint density at radius 2 is 1.52 bits per heavy atom. The molecule has 0 aromatic heterocycles. The first-order valence-corrected chi connectivity index (χ1v) is 8.36.